The molecule has 0 radical (unpaired) electrons. The zero-order chi connectivity index (χ0) is 18.5. The van der Waals surface area contributed by atoms with Gasteiger partial charge in [0.05, 0.1) is 6.10 Å². The lowest BCUT2D eigenvalue weighted by atomic mass is 9.49. The van der Waals surface area contributed by atoms with Crippen LogP contribution < -0.4 is 0 Å². The van der Waals surface area contributed by atoms with Crippen LogP contribution in [-0.2, 0) is 0 Å². The molecule has 0 fully saturated rings. The van der Waals surface area contributed by atoms with E-state index in [4.69, 9.17) is 0 Å². The lowest BCUT2D eigenvalue weighted by Crippen LogP contribution is -2.54. The van der Waals surface area contributed by atoms with Gasteiger partial charge in [0, 0.05) is 5.41 Å². The Labute approximate surface area is 146 Å². The normalized spacial score (nSPS) is 21.3. The van der Waals surface area contributed by atoms with Crippen LogP contribution in [-0.4, -0.2) is 16.3 Å². The quantitative estimate of drug-likeness (QED) is 0.716. The topological polar surface area (TPSA) is 40.5 Å². The first-order valence-electron chi connectivity index (χ1n) is 8.70. The monoisotopic (exact) mass is 328 g/mol. The van der Waals surface area contributed by atoms with Crippen LogP contribution in [0.4, 0.5) is 0 Å². The predicted octanol–water partition coefficient (Wildman–Crippen LogP) is 5.48. The van der Waals surface area contributed by atoms with Gasteiger partial charge in [-0.15, -0.1) is 0 Å². The Bertz CT molecular complexity index is 680. The number of rotatable bonds is 1. The predicted molar refractivity (Wildman–Crippen MR) is 102 cm³/mol. The first kappa shape index (κ1) is 18.8. The Morgan fingerprint density at radius 3 is 1.96 bits per heavy atom. The molecule has 1 aromatic rings. The number of hydrogen-bond acceptors (Lipinski definition) is 2. The summed E-state index contributed by atoms with van der Waals surface area (Å²) in [4.78, 5) is 0. The maximum absolute atomic E-state index is 11.2. The summed E-state index contributed by atoms with van der Waals surface area (Å²) in [6.07, 6.45) is 3.82. The summed E-state index contributed by atoms with van der Waals surface area (Å²) in [5, 5.41) is 21.0. The Kier molecular flexibility index (Phi) is 4.52. The minimum atomic E-state index is -0.514. The number of hydrogen-bond donors (Lipinski definition) is 2. The maximum Gasteiger partial charge on any atom is 0.118 e. The van der Waals surface area contributed by atoms with Crippen LogP contribution >= 0.6 is 0 Å². The molecular formula is C22H32O2. The molecule has 0 saturated heterocycles. The van der Waals surface area contributed by atoms with Crippen molar-refractivity contribution in [2.24, 2.45) is 16.2 Å². The van der Waals surface area contributed by atoms with Gasteiger partial charge in [0.15, 0.2) is 0 Å². The molecule has 24 heavy (non-hydrogen) atoms. The third-order valence-corrected chi connectivity index (χ3v) is 5.64. The highest BCUT2D eigenvalue weighted by molar-refractivity contribution is 5.78. The number of aromatic hydroxyl groups is 1. The minimum Gasteiger partial charge on any atom is -0.508 e. The lowest BCUT2D eigenvalue weighted by Gasteiger charge is -2.56. The molecule has 1 aliphatic carbocycles. The van der Waals surface area contributed by atoms with Gasteiger partial charge in [0.1, 0.15) is 5.75 Å². The number of allylic oxidation sites excluding steroid dienone is 2. The highest BCUT2D eigenvalue weighted by atomic mass is 16.3. The van der Waals surface area contributed by atoms with E-state index in [1.165, 1.54) is 0 Å². The second-order valence-corrected chi connectivity index (χ2v) is 9.26. The summed E-state index contributed by atoms with van der Waals surface area (Å²) in [6, 6.07) is 5.71. The van der Waals surface area contributed by atoms with Gasteiger partial charge in [0.2, 0.25) is 0 Å². The van der Waals surface area contributed by atoms with E-state index in [-0.39, 0.29) is 16.2 Å². The molecule has 2 nitrogen and oxygen atoms in total. The summed E-state index contributed by atoms with van der Waals surface area (Å²) >= 11 is 0. The van der Waals surface area contributed by atoms with E-state index in [9.17, 15) is 10.2 Å². The third-order valence-electron chi connectivity index (χ3n) is 5.64. The fourth-order valence-electron chi connectivity index (χ4n) is 4.43. The molecule has 2 N–H and O–H groups in total. The van der Waals surface area contributed by atoms with Crippen LogP contribution in [0.25, 0.3) is 5.57 Å². The zero-order valence-corrected chi connectivity index (χ0v) is 16.4. The van der Waals surface area contributed by atoms with Crippen molar-refractivity contribution in [3.63, 3.8) is 0 Å². The van der Waals surface area contributed by atoms with Gasteiger partial charge in [-0.25, -0.2) is 0 Å². The first-order valence-corrected chi connectivity index (χ1v) is 8.70. The molecule has 2 heteroatoms. The van der Waals surface area contributed by atoms with Gasteiger partial charge >= 0.3 is 0 Å². The molecule has 0 amide bonds. The summed E-state index contributed by atoms with van der Waals surface area (Å²) in [5.74, 6) is 0.314. The van der Waals surface area contributed by atoms with Crippen LogP contribution in [0.3, 0.4) is 0 Å². The van der Waals surface area contributed by atoms with E-state index in [2.05, 4.69) is 53.7 Å². The standard InChI is InChI=1S/C22H32O2/c1-14-11-16(9-10-18(14)23)17-12-15(2)19(24)22(13-17,20(3,4)5)21(6,7)8/h9-13,19,23-24H,1-8H3. The Hall–Kier alpha value is -1.54. The van der Waals surface area contributed by atoms with Crippen molar-refractivity contribution < 1.29 is 10.2 Å². The molecule has 0 heterocycles. The molecule has 0 saturated carbocycles. The Balaban J connectivity index is 2.75. The van der Waals surface area contributed by atoms with Gasteiger partial charge in [-0.1, -0.05) is 59.8 Å². The van der Waals surface area contributed by atoms with E-state index >= 15 is 0 Å². The third kappa shape index (κ3) is 2.82. The van der Waals surface area contributed by atoms with Crippen LogP contribution in [0.2, 0.25) is 0 Å². The molecule has 1 atom stereocenters. The van der Waals surface area contributed by atoms with Crippen molar-refractivity contribution in [1.29, 1.82) is 0 Å². The number of phenolic OH excluding ortho intramolecular Hbond substituents is 1. The SMILES string of the molecule is CC1=CC(c2ccc(O)c(C)c2)=CC(C(C)(C)C)(C(C)(C)C)C1O. The fraction of sp³-hybridized carbons (Fsp3) is 0.545. The molecular weight excluding hydrogens is 296 g/mol. The van der Waals surface area contributed by atoms with Crippen LogP contribution in [0.1, 0.15) is 59.6 Å². The van der Waals surface area contributed by atoms with E-state index in [0.717, 1.165) is 22.3 Å². The molecule has 132 valence electrons. The van der Waals surface area contributed by atoms with Crippen LogP contribution in [0, 0.1) is 23.2 Å². The van der Waals surface area contributed by atoms with Crippen molar-refractivity contribution in [2.75, 3.05) is 0 Å². The molecule has 0 aromatic heterocycles. The number of aryl methyl sites for hydroxylation is 1. The van der Waals surface area contributed by atoms with E-state index < -0.39 is 6.10 Å². The average molecular weight is 328 g/mol. The molecule has 1 unspecified atom stereocenters. The number of aliphatic hydroxyl groups excluding tert-OH is 1. The highest BCUT2D eigenvalue weighted by Crippen LogP contribution is 2.59. The maximum atomic E-state index is 11.2. The summed E-state index contributed by atoms with van der Waals surface area (Å²) < 4.78 is 0. The number of phenols is 1. The molecule has 0 bridgehead atoms. The molecule has 2 rings (SSSR count). The highest BCUT2D eigenvalue weighted by Gasteiger charge is 2.55. The van der Waals surface area contributed by atoms with E-state index in [1.54, 1.807) is 6.07 Å². The van der Waals surface area contributed by atoms with Gasteiger partial charge < -0.3 is 10.2 Å². The fourth-order valence-corrected chi connectivity index (χ4v) is 4.43. The molecule has 1 aromatic carbocycles. The smallest absolute Gasteiger partial charge is 0.118 e. The van der Waals surface area contributed by atoms with Crippen LogP contribution in [0.5, 0.6) is 5.75 Å². The summed E-state index contributed by atoms with van der Waals surface area (Å²) in [5.41, 5.74) is 3.43. The van der Waals surface area contributed by atoms with E-state index in [1.807, 2.05) is 26.0 Å². The van der Waals surface area contributed by atoms with Crippen molar-refractivity contribution in [3.05, 3.63) is 47.1 Å². The van der Waals surface area contributed by atoms with E-state index in [0.29, 0.717) is 5.75 Å². The van der Waals surface area contributed by atoms with Crippen molar-refractivity contribution >= 4 is 5.57 Å². The molecule has 0 spiro atoms. The van der Waals surface area contributed by atoms with Crippen molar-refractivity contribution in [3.8, 4) is 5.75 Å². The minimum absolute atomic E-state index is 0.114. The van der Waals surface area contributed by atoms with Gasteiger partial charge in [-0.3, -0.25) is 0 Å². The second kappa shape index (κ2) is 5.77. The molecule has 0 aliphatic heterocycles. The van der Waals surface area contributed by atoms with Crippen molar-refractivity contribution in [1.82, 2.24) is 0 Å². The van der Waals surface area contributed by atoms with Crippen LogP contribution in [0.15, 0.2) is 35.9 Å². The molecule has 1 aliphatic rings. The van der Waals surface area contributed by atoms with Gasteiger partial charge in [-0.2, -0.15) is 0 Å². The van der Waals surface area contributed by atoms with Crippen molar-refractivity contribution in [2.45, 2.75) is 61.5 Å². The van der Waals surface area contributed by atoms with Gasteiger partial charge in [0.25, 0.3) is 0 Å². The number of aliphatic hydroxyl groups is 1. The average Bonchev–Trinajstić information content (AvgIpc) is 2.42. The lowest BCUT2D eigenvalue weighted by molar-refractivity contribution is -0.0750. The largest absolute Gasteiger partial charge is 0.508 e. The Morgan fingerprint density at radius 2 is 1.50 bits per heavy atom. The zero-order valence-electron chi connectivity index (χ0n) is 16.4. The Morgan fingerprint density at radius 1 is 0.958 bits per heavy atom. The van der Waals surface area contributed by atoms with Gasteiger partial charge in [-0.05, 0) is 59.1 Å². The number of benzene rings is 1. The first-order chi connectivity index (χ1) is 10.8. The summed E-state index contributed by atoms with van der Waals surface area (Å²) in [7, 11) is 0. The second-order valence-electron chi connectivity index (χ2n) is 9.26. The summed E-state index contributed by atoms with van der Waals surface area (Å²) in [6.45, 7) is 17.1.